The summed E-state index contributed by atoms with van der Waals surface area (Å²) < 4.78 is 41.6. The third-order valence-corrected chi connectivity index (χ3v) is 6.44. The Morgan fingerprint density at radius 2 is 1.24 bits per heavy atom. The molecule has 4 N–H and O–H groups in total. The molecule has 1 aliphatic heterocycles. The Bertz CT molecular complexity index is 1110. The summed E-state index contributed by atoms with van der Waals surface area (Å²) >= 11 is 0. The second kappa shape index (κ2) is 22.7. The summed E-state index contributed by atoms with van der Waals surface area (Å²) in [6.45, 7) is 2.08. The number of esters is 2. The molecule has 19 nitrogen and oxygen atoms in total. The molecule has 0 saturated heterocycles. The molecule has 0 aromatic heterocycles. The van der Waals surface area contributed by atoms with E-state index in [9.17, 15) is 43.0 Å². The highest BCUT2D eigenvalue weighted by molar-refractivity contribution is 7.47. The second-order valence-corrected chi connectivity index (χ2v) is 10.8. The number of nitrogens with one attached hydrogen (secondary N) is 3. The minimum absolute atomic E-state index is 0.00408. The van der Waals surface area contributed by atoms with Crippen molar-refractivity contribution in [2.45, 2.75) is 39.2 Å². The molecule has 0 fully saturated rings. The molecule has 0 bridgehead atoms. The number of carbonyl (C=O) groups is 7. The number of nitrogens with zero attached hydrogens (tertiary/aromatic N) is 1. The Morgan fingerprint density at radius 3 is 1.74 bits per heavy atom. The third-order valence-electron chi connectivity index (χ3n) is 5.46. The average molecular weight is 681 g/mol. The predicted molar refractivity (Wildman–Crippen MR) is 154 cm³/mol. The quantitative estimate of drug-likeness (QED) is 0.0355. The zero-order valence-electron chi connectivity index (χ0n) is 25.7. The first-order valence-corrected chi connectivity index (χ1v) is 15.7. The lowest BCUT2D eigenvalue weighted by Crippen LogP contribution is -2.35. The second-order valence-electron chi connectivity index (χ2n) is 9.32. The van der Waals surface area contributed by atoms with E-state index in [4.69, 9.17) is 28.0 Å². The van der Waals surface area contributed by atoms with Gasteiger partial charge in [0.05, 0.1) is 39.6 Å². The van der Waals surface area contributed by atoms with E-state index in [1.165, 1.54) is 0 Å². The van der Waals surface area contributed by atoms with Gasteiger partial charge in [-0.15, -0.1) is 0 Å². The van der Waals surface area contributed by atoms with E-state index < -0.39 is 56.8 Å². The summed E-state index contributed by atoms with van der Waals surface area (Å²) in [5, 5.41) is 7.61. The fraction of sp³-hybridized carbons (Fsp3) is 0.654. The van der Waals surface area contributed by atoms with Crippen molar-refractivity contribution in [3.8, 4) is 0 Å². The van der Waals surface area contributed by atoms with Gasteiger partial charge >= 0.3 is 19.8 Å². The summed E-state index contributed by atoms with van der Waals surface area (Å²) in [7, 11) is -4.57. The first kappa shape index (κ1) is 40.3. The molecule has 0 saturated carbocycles. The number of imide groups is 1. The molecule has 0 radical (unpaired) electrons. The number of carbonyl (C=O) groups excluding carboxylic acids is 7. The molecule has 20 heteroatoms. The van der Waals surface area contributed by atoms with Crippen molar-refractivity contribution in [2.75, 3.05) is 72.4 Å². The number of phosphoric acid groups is 1. The number of hydrogen-bond donors (Lipinski definition) is 4. The van der Waals surface area contributed by atoms with Gasteiger partial charge in [0.1, 0.15) is 6.61 Å². The molecule has 1 rings (SSSR count). The van der Waals surface area contributed by atoms with Gasteiger partial charge in [-0.3, -0.25) is 47.5 Å². The van der Waals surface area contributed by atoms with Crippen LogP contribution in [0.1, 0.15) is 33.1 Å². The Labute approximate surface area is 265 Å². The number of phosphoric ester groups is 1. The highest BCUT2D eigenvalue weighted by Gasteiger charge is 2.26. The first-order valence-electron chi connectivity index (χ1n) is 14.2. The maximum absolute atomic E-state index is 12.0. The van der Waals surface area contributed by atoms with Crippen LogP contribution in [0.2, 0.25) is 0 Å². The number of amides is 5. The molecule has 0 aliphatic carbocycles. The third kappa shape index (κ3) is 20.3. The summed E-state index contributed by atoms with van der Waals surface area (Å²) in [6.07, 6.45) is 0.918. The number of rotatable bonds is 25. The Kier molecular flexibility index (Phi) is 19.9. The fourth-order valence-electron chi connectivity index (χ4n) is 3.33. The van der Waals surface area contributed by atoms with E-state index in [0.717, 1.165) is 30.9 Å². The lowest BCUT2D eigenvalue weighted by atomic mass is 10.3. The van der Waals surface area contributed by atoms with Crippen molar-refractivity contribution in [1.29, 1.82) is 0 Å². The van der Waals surface area contributed by atoms with E-state index in [0.29, 0.717) is 0 Å². The van der Waals surface area contributed by atoms with Crippen LogP contribution in [0.3, 0.4) is 0 Å². The molecular formula is C26H41N4O15P. The average Bonchev–Trinajstić information content (AvgIpc) is 3.31. The lowest BCUT2D eigenvalue weighted by molar-refractivity contribution is -0.158. The normalized spacial score (nSPS) is 14.4. The van der Waals surface area contributed by atoms with Gasteiger partial charge in [0.25, 0.3) is 11.8 Å². The van der Waals surface area contributed by atoms with Crippen LogP contribution >= 0.6 is 7.82 Å². The Morgan fingerprint density at radius 1 is 0.739 bits per heavy atom. The largest absolute Gasteiger partial charge is 0.472 e. The van der Waals surface area contributed by atoms with Crippen molar-refractivity contribution < 1.29 is 71.0 Å². The summed E-state index contributed by atoms with van der Waals surface area (Å²) in [4.78, 5) is 91.1. The minimum atomic E-state index is -4.57. The van der Waals surface area contributed by atoms with Crippen molar-refractivity contribution >= 4 is 49.3 Å². The molecule has 260 valence electrons. The zero-order valence-corrected chi connectivity index (χ0v) is 26.6. The molecule has 2 atom stereocenters. The molecular weight excluding hydrogens is 639 g/mol. The van der Waals surface area contributed by atoms with Crippen LogP contribution in [0, 0.1) is 0 Å². The first-order chi connectivity index (χ1) is 21.8. The molecule has 0 spiro atoms. The van der Waals surface area contributed by atoms with Crippen LogP contribution in [0.5, 0.6) is 0 Å². The molecule has 0 aromatic rings. The van der Waals surface area contributed by atoms with Crippen molar-refractivity contribution in [1.82, 2.24) is 20.9 Å². The summed E-state index contributed by atoms with van der Waals surface area (Å²) in [5.41, 5.74) is 0. The predicted octanol–water partition coefficient (Wildman–Crippen LogP) is -1.91. The molecule has 1 aliphatic rings. The molecule has 5 amide bonds. The van der Waals surface area contributed by atoms with Gasteiger partial charge in [-0.2, -0.15) is 0 Å². The van der Waals surface area contributed by atoms with E-state index in [1.807, 2.05) is 0 Å². The van der Waals surface area contributed by atoms with E-state index in [-0.39, 0.29) is 90.3 Å². The van der Waals surface area contributed by atoms with Crippen LogP contribution in [0.15, 0.2) is 12.2 Å². The topological polar surface area (TPSA) is 251 Å². The van der Waals surface area contributed by atoms with Gasteiger partial charge in [-0.25, -0.2) is 4.57 Å². The van der Waals surface area contributed by atoms with Gasteiger partial charge in [0, 0.05) is 71.4 Å². The molecule has 2 unspecified atom stereocenters. The van der Waals surface area contributed by atoms with Gasteiger partial charge in [0.15, 0.2) is 6.10 Å². The monoisotopic (exact) mass is 680 g/mol. The van der Waals surface area contributed by atoms with Gasteiger partial charge in [-0.1, -0.05) is 0 Å². The lowest BCUT2D eigenvalue weighted by Gasteiger charge is -2.18. The van der Waals surface area contributed by atoms with Crippen LogP contribution < -0.4 is 16.0 Å². The summed E-state index contributed by atoms with van der Waals surface area (Å²) in [6, 6.07) is 0. The standard InChI is InChI=1S/C26H41N4O15P/c1-19(31)42-17-21(45-20(2)32)18-44-46(38,39)43-14-10-29-23(34)4-3-22(33)27-8-12-40-15-16-41-13-9-28-24(35)7-11-30-25(36)5-6-26(30)37/h5-6,21H,3-4,7-18H2,1-2H3,(H,27,33)(H,28,35)(H,29,34)(H,38,39). The van der Waals surface area contributed by atoms with Crippen LogP contribution in [0.4, 0.5) is 0 Å². The Balaban J connectivity index is 2.00. The number of hydrogen-bond acceptors (Lipinski definition) is 14. The van der Waals surface area contributed by atoms with E-state index in [1.54, 1.807) is 0 Å². The molecule has 46 heavy (non-hydrogen) atoms. The van der Waals surface area contributed by atoms with Crippen molar-refractivity contribution in [3.63, 3.8) is 0 Å². The zero-order chi connectivity index (χ0) is 34.4. The van der Waals surface area contributed by atoms with E-state index >= 15 is 0 Å². The van der Waals surface area contributed by atoms with Crippen molar-refractivity contribution in [2.24, 2.45) is 0 Å². The summed E-state index contributed by atoms with van der Waals surface area (Å²) in [5.74, 6) is -3.46. The maximum atomic E-state index is 12.0. The fourth-order valence-corrected chi connectivity index (χ4v) is 4.08. The van der Waals surface area contributed by atoms with Crippen LogP contribution in [0.25, 0.3) is 0 Å². The SMILES string of the molecule is CC(=O)OCC(COP(=O)(O)OCCNC(=O)CCC(=O)NCCOCCOCCNC(=O)CCN1C(=O)C=CC1=O)OC(C)=O. The molecule has 1 heterocycles. The van der Waals surface area contributed by atoms with Crippen LogP contribution in [-0.4, -0.2) is 130 Å². The number of ether oxygens (including phenoxy) is 4. The van der Waals surface area contributed by atoms with Gasteiger partial charge in [0.2, 0.25) is 17.7 Å². The molecule has 0 aromatic carbocycles. The Hall–Kier alpha value is -3.74. The maximum Gasteiger partial charge on any atom is 0.472 e. The minimum Gasteiger partial charge on any atom is -0.462 e. The van der Waals surface area contributed by atoms with Gasteiger partial charge in [-0.05, 0) is 0 Å². The van der Waals surface area contributed by atoms with Crippen LogP contribution in [-0.2, 0) is 66.1 Å². The van der Waals surface area contributed by atoms with E-state index in [2.05, 4.69) is 16.0 Å². The highest BCUT2D eigenvalue weighted by atomic mass is 31.2. The van der Waals surface area contributed by atoms with Gasteiger partial charge < -0.3 is 39.8 Å². The highest BCUT2D eigenvalue weighted by Crippen LogP contribution is 2.43. The van der Waals surface area contributed by atoms with Crippen molar-refractivity contribution in [3.05, 3.63) is 12.2 Å². The smallest absolute Gasteiger partial charge is 0.462 e.